The molecule has 158 valence electrons. The second kappa shape index (κ2) is 6.88. The lowest BCUT2D eigenvalue weighted by atomic mass is 10.1. The molecule has 1 aliphatic rings. The Morgan fingerprint density at radius 3 is 2.75 bits per heavy atom. The molecule has 5 aromatic rings. The Labute approximate surface area is 185 Å². The molecule has 0 unspecified atom stereocenters. The van der Waals surface area contributed by atoms with Gasteiger partial charge in [0.15, 0.2) is 5.82 Å². The van der Waals surface area contributed by atoms with Crippen molar-refractivity contribution in [2.75, 3.05) is 17.2 Å². The molecule has 0 saturated carbocycles. The van der Waals surface area contributed by atoms with Crippen molar-refractivity contribution in [1.29, 1.82) is 0 Å². The van der Waals surface area contributed by atoms with Crippen LogP contribution in [0.15, 0.2) is 78.8 Å². The third-order valence-electron chi connectivity index (χ3n) is 6.01. The Morgan fingerprint density at radius 2 is 1.91 bits per heavy atom. The average Bonchev–Trinajstić information content (AvgIpc) is 3.48. The summed E-state index contributed by atoms with van der Waals surface area (Å²) >= 11 is 0. The van der Waals surface area contributed by atoms with E-state index in [1.165, 1.54) is 5.57 Å². The van der Waals surface area contributed by atoms with Crippen LogP contribution in [0.3, 0.4) is 0 Å². The summed E-state index contributed by atoms with van der Waals surface area (Å²) in [7, 11) is 0. The summed E-state index contributed by atoms with van der Waals surface area (Å²) in [6.07, 6.45) is 10.3. The zero-order chi connectivity index (χ0) is 21.8. The normalized spacial score (nSPS) is 13.9. The number of nitrogens with zero attached hydrogens (tertiary/aromatic N) is 5. The third-order valence-corrected chi connectivity index (χ3v) is 6.01. The van der Waals surface area contributed by atoms with Crippen molar-refractivity contribution in [2.45, 2.75) is 13.8 Å². The van der Waals surface area contributed by atoms with E-state index < -0.39 is 0 Å². The van der Waals surface area contributed by atoms with E-state index in [9.17, 15) is 0 Å². The first kappa shape index (κ1) is 18.5. The Kier molecular flexibility index (Phi) is 3.98. The minimum Gasteiger partial charge on any atom is -0.382 e. The van der Waals surface area contributed by atoms with Gasteiger partial charge in [-0.2, -0.15) is 5.10 Å². The Bertz CT molecular complexity index is 1540. The highest BCUT2D eigenvalue weighted by Crippen LogP contribution is 2.30. The van der Waals surface area contributed by atoms with E-state index in [0.29, 0.717) is 5.82 Å². The standard InChI is InChI=1S/C25H23N7/c1-16-7-10-30(11-8-16)19-4-3-18-9-12-31(23(18)14-19)24-15-27-32(25(24)26)20-5-6-21-22(13-20)29-17(2)28-21/h3-10,12-15H,11,26H2,1-2H3,(H,28,29). The fourth-order valence-corrected chi connectivity index (χ4v) is 4.27. The summed E-state index contributed by atoms with van der Waals surface area (Å²) in [5.41, 5.74) is 13.7. The van der Waals surface area contributed by atoms with Crippen LogP contribution in [0.1, 0.15) is 12.7 Å². The van der Waals surface area contributed by atoms with Gasteiger partial charge in [-0.25, -0.2) is 9.67 Å². The number of hydrogen-bond donors (Lipinski definition) is 2. The molecule has 2 aromatic carbocycles. The Morgan fingerprint density at radius 1 is 1.03 bits per heavy atom. The van der Waals surface area contributed by atoms with Crippen molar-refractivity contribution >= 4 is 33.4 Å². The van der Waals surface area contributed by atoms with Gasteiger partial charge in [0, 0.05) is 30.0 Å². The number of anilines is 2. The lowest BCUT2D eigenvalue weighted by Gasteiger charge is -2.22. The number of fused-ring (bicyclic) bond motifs is 2. The fourth-order valence-electron chi connectivity index (χ4n) is 4.27. The number of aromatic nitrogens is 5. The SMILES string of the molecule is CC1=CCN(c2ccc3ccn(-c4cnn(-c5ccc6nc(C)[nH]c6c5)c4N)c3c2)C=C1. The number of H-pyrrole nitrogens is 1. The minimum absolute atomic E-state index is 0.583. The van der Waals surface area contributed by atoms with E-state index in [1.807, 2.05) is 37.5 Å². The monoisotopic (exact) mass is 421 g/mol. The van der Waals surface area contributed by atoms with Crippen LogP contribution in [-0.2, 0) is 0 Å². The topological polar surface area (TPSA) is 80.7 Å². The zero-order valence-corrected chi connectivity index (χ0v) is 17.9. The number of nitrogens with one attached hydrogen (secondary N) is 1. The maximum Gasteiger partial charge on any atom is 0.151 e. The largest absolute Gasteiger partial charge is 0.382 e. The second-order valence-electron chi connectivity index (χ2n) is 8.20. The smallest absolute Gasteiger partial charge is 0.151 e. The number of imidazole rings is 1. The van der Waals surface area contributed by atoms with E-state index in [4.69, 9.17) is 5.73 Å². The van der Waals surface area contributed by atoms with Gasteiger partial charge in [-0.1, -0.05) is 17.7 Å². The van der Waals surface area contributed by atoms with Gasteiger partial charge in [-0.15, -0.1) is 0 Å². The van der Waals surface area contributed by atoms with Crippen molar-refractivity contribution < 1.29 is 0 Å². The molecule has 7 nitrogen and oxygen atoms in total. The van der Waals surface area contributed by atoms with Crippen molar-refractivity contribution in [2.24, 2.45) is 0 Å². The quantitative estimate of drug-likeness (QED) is 0.436. The summed E-state index contributed by atoms with van der Waals surface area (Å²) in [4.78, 5) is 9.98. The van der Waals surface area contributed by atoms with Crippen LogP contribution >= 0.6 is 0 Å². The van der Waals surface area contributed by atoms with Gasteiger partial charge in [0.25, 0.3) is 0 Å². The van der Waals surface area contributed by atoms with Crippen molar-refractivity contribution in [3.8, 4) is 11.4 Å². The summed E-state index contributed by atoms with van der Waals surface area (Å²) in [6, 6.07) is 14.6. The van der Waals surface area contributed by atoms with Gasteiger partial charge in [0.2, 0.25) is 0 Å². The molecule has 0 saturated heterocycles. The maximum absolute atomic E-state index is 6.59. The molecule has 0 spiro atoms. The number of nitrogens with two attached hydrogens (primary N) is 1. The molecule has 6 rings (SSSR count). The third kappa shape index (κ3) is 2.90. The molecule has 0 radical (unpaired) electrons. The fraction of sp³-hybridized carbons (Fsp3) is 0.120. The first-order chi connectivity index (χ1) is 15.6. The van der Waals surface area contributed by atoms with Crippen LogP contribution in [0.5, 0.6) is 0 Å². The summed E-state index contributed by atoms with van der Waals surface area (Å²) in [5.74, 6) is 1.47. The Balaban J connectivity index is 1.42. The van der Waals surface area contributed by atoms with Gasteiger partial charge < -0.3 is 20.2 Å². The molecule has 0 atom stereocenters. The van der Waals surface area contributed by atoms with Crippen LogP contribution in [0, 0.1) is 6.92 Å². The van der Waals surface area contributed by atoms with Crippen molar-refractivity contribution in [1.82, 2.24) is 24.3 Å². The molecule has 0 fully saturated rings. The van der Waals surface area contributed by atoms with E-state index in [1.54, 1.807) is 4.68 Å². The second-order valence-corrected chi connectivity index (χ2v) is 8.20. The van der Waals surface area contributed by atoms with Crippen LogP contribution in [-0.4, -0.2) is 30.9 Å². The highest BCUT2D eigenvalue weighted by molar-refractivity contribution is 5.86. The average molecular weight is 422 g/mol. The summed E-state index contributed by atoms with van der Waals surface area (Å²) in [6.45, 7) is 4.93. The molecule has 7 heteroatoms. The summed E-state index contributed by atoms with van der Waals surface area (Å²) < 4.78 is 3.87. The number of allylic oxidation sites excluding steroid dienone is 2. The molecule has 3 aromatic heterocycles. The van der Waals surface area contributed by atoms with Crippen LogP contribution in [0.4, 0.5) is 11.5 Å². The minimum atomic E-state index is 0.583. The summed E-state index contributed by atoms with van der Waals surface area (Å²) in [5, 5.41) is 5.75. The van der Waals surface area contributed by atoms with E-state index in [0.717, 1.165) is 51.4 Å². The van der Waals surface area contributed by atoms with Gasteiger partial charge in [-0.05, 0) is 56.3 Å². The molecular formula is C25H23N7. The highest BCUT2D eigenvalue weighted by Gasteiger charge is 2.15. The van der Waals surface area contributed by atoms with Crippen LogP contribution in [0.25, 0.3) is 33.3 Å². The van der Waals surface area contributed by atoms with Gasteiger partial charge in [0.05, 0.1) is 28.4 Å². The molecule has 1 aliphatic heterocycles. The molecule has 0 aliphatic carbocycles. The zero-order valence-electron chi connectivity index (χ0n) is 17.9. The highest BCUT2D eigenvalue weighted by atomic mass is 15.3. The molecule has 32 heavy (non-hydrogen) atoms. The van der Waals surface area contributed by atoms with E-state index >= 15 is 0 Å². The van der Waals surface area contributed by atoms with Gasteiger partial charge >= 0.3 is 0 Å². The lowest BCUT2D eigenvalue weighted by Crippen LogP contribution is -2.18. The number of nitrogen functional groups attached to an aromatic ring is 1. The Hall–Kier alpha value is -4.26. The number of rotatable bonds is 3. The van der Waals surface area contributed by atoms with E-state index in [-0.39, 0.29) is 0 Å². The predicted molar refractivity (Wildman–Crippen MR) is 129 cm³/mol. The number of aryl methyl sites for hydroxylation is 1. The molecular weight excluding hydrogens is 398 g/mol. The van der Waals surface area contributed by atoms with Crippen LogP contribution in [0.2, 0.25) is 0 Å². The van der Waals surface area contributed by atoms with Crippen molar-refractivity contribution in [3.63, 3.8) is 0 Å². The molecule has 3 N–H and O–H groups in total. The molecule has 4 heterocycles. The van der Waals surface area contributed by atoms with Gasteiger partial charge in [0.1, 0.15) is 11.5 Å². The molecule has 0 bridgehead atoms. The number of benzene rings is 2. The number of aromatic amines is 1. The predicted octanol–water partition coefficient (Wildman–Crippen LogP) is 4.86. The first-order valence-electron chi connectivity index (χ1n) is 10.6. The number of hydrogen-bond acceptors (Lipinski definition) is 4. The van der Waals surface area contributed by atoms with Crippen LogP contribution < -0.4 is 10.6 Å². The molecule has 0 amide bonds. The lowest BCUT2D eigenvalue weighted by molar-refractivity contribution is 0.892. The van der Waals surface area contributed by atoms with Gasteiger partial charge in [-0.3, -0.25) is 0 Å². The van der Waals surface area contributed by atoms with E-state index in [2.05, 4.69) is 74.1 Å². The van der Waals surface area contributed by atoms with Crippen molar-refractivity contribution in [3.05, 3.63) is 84.6 Å². The maximum atomic E-state index is 6.59. The first-order valence-corrected chi connectivity index (χ1v) is 10.6.